The Morgan fingerprint density at radius 1 is 1.23 bits per heavy atom. The van der Waals surface area contributed by atoms with E-state index >= 15 is 0 Å². The first-order chi connectivity index (χ1) is 16.7. The number of urea groups is 1. The van der Waals surface area contributed by atoms with Crippen LogP contribution in [0, 0.1) is 0 Å². The number of benzene rings is 1. The van der Waals surface area contributed by atoms with Crippen LogP contribution in [0.4, 0.5) is 9.80 Å². The predicted molar refractivity (Wildman–Crippen MR) is 139 cm³/mol. The normalized spacial score (nSPS) is 22.0. The molecule has 3 aliphatic heterocycles. The van der Waals surface area contributed by atoms with Gasteiger partial charge in [-0.05, 0) is 18.6 Å². The number of hydrogen-bond donors (Lipinski definition) is 2. The largest absolute Gasteiger partial charge is 0.437 e. The van der Waals surface area contributed by atoms with Crippen molar-refractivity contribution in [3.8, 4) is 0 Å². The predicted octanol–water partition coefficient (Wildman–Crippen LogP) is 2.76. The molecule has 0 aliphatic carbocycles. The lowest BCUT2D eigenvalue weighted by molar-refractivity contribution is 0.181. The first-order valence-electron chi connectivity index (χ1n) is 11.1. The maximum Gasteiger partial charge on any atom is 0.437 e. The van der Waals surface area contributed by atoms with Crippen LogP contribution in [0.1, 0.15) is 22.9 Å². The number of carbonyl (C=O) groups is 1. The average Bonchev–Trinajstić information content (AvgIpc) is 3.37. The number of halogens is 1. The molecule has 2 amide bonds. The molecule has 1 aromatic carbocycles. The molecule has 1 atom stereocenters. The first kappa shape index (κ1) is 24.2. The van der Waals surface area contributed by atoms with Crippen molar-refractivity contribution < 1.29 is 17.8 Å². The van der Waals surface area contributed by atoms with Crippen LogP contribution in [-0.4, -0.2) is 79.8 Å². The van der Waals surface area contributed by atoms with Crippen LogP contribution in [0.5, 0.6) is 0 Å². The molecule has 5 rings (SSSR count). The molecule has 35 heavy (non-hydrogen) atoms. The van der Waals surface area contributed by atoms with Crippen LogP contribution in [0.25, 0.3) is 0 Å². The van der Waals surface area contributed by atoms with Gasteiger partial charge in [-0.3, -0.25) is 14.4 Å². The minimum absolute atomic E-state index is 0.0940. The number of fused-ring (bicyclic) bond motifs is 3. The molecule has 2 aromatic rings. The van der Waals surface area contributed by atoms with Gasteiger partial charge in [0.2, 0.25) is 10.8 Å². The number of rotatable bonds is 4. The summed E-state index contributed by atoms with van der Waals surface area (Å²) in [7, 11) is -4.16. The molecule has 1 aromatic heterocycles. The van der Waals surface area contributed by atoms with Gasteiger partial charge in [0.25, 0.3) is 16.0 Å². The standard InChI is InChI=1S/C22H23ClN6O4S2/c1-14-26-27-19-13-25-20(16-4-2-3-5-18(16)23)17-12-15(6-11-35(31,32)33)34-21(17)29(14,19)22(30)28-9-7-24-8-10-28/h2-5,12,24H,6-11,13H2,1H3/p+1. The van der Waals surface area contributed by atoms with E-state index in [4.69, 9.17) is 16.6 Å². The fourth-order valence-electron chi connectivity index (χ4n) is 4.58. The first-order valence-corrected chi connectivity index (χ1v) is 13.9. The SMILES string of the molecule is CC1=NN=C2CN=C(c3ccccc3Cl)c3cc(CCS(=O)(=O)O)sc3[N+]12C(=O)N1CCNCC1. The molecule has 2 N–H and O–H groups in total. The zero-order valence-electron chi connectivity index (χ0n) is 18.9. The van der Waals surface area contributed by atoms with Gasteiger partial charge in [0.15, 0.2) is 0 Å². The number of aryl methyl sites for hydroxylation is 1. The summed E-state index contributed by atoms with van der Waals surface area (Å²) in [6, 6.07) is 9.01. The monoisotopic (exact) mass is 535 g/mol. The van der Waals surface area contributed by atoms with Gasteiger partial charge in [-0.2, -0.15) is 8.42 Å². The van der Waals surface area contributed by atoms with Crippen molar-refractivity contribution in [2.45, 2.75) is 13.3 Å². The number of carbonyl (C=O) groups excluding carboxylic acids is 1. The minimum Gasteiger partial charge on any atom is -0.313 e. The Bertz CT molecular complexity index is 1390. The molecular weight excluding hydrogens is 512 g/mol. The second-order valence-corrected chi connectivity index (χ2v) is 11.6. The maximum absolute atomic E-state index is 14.2. The zero-order valence-corrected chi connectivity index (χ0v) is 21.3. The van der Waals surface area contributed by atoms with Gasteiger partial charge in [0.1, 0.15) is 6.54 Å². The van der Waals surface area contributed by atoms with Gasteiger partial charge in [-0.25, -0.2) is 4.79 Å². The zero-order chi connectivity index (χ0) is 24.8. The summed E-state index contributed by atoms with van der Waals surface area (Å²) in [4.78, 5) is 21.6. The Morgan fingerprint density at radius 3 is 2.69 bits per heavy atom. The highest BCUT2D eigenvalue weighted by molar-refractivity contribution is 7.85. The molecule has 0 spiro atoms. The van der Waals surface area contributed by atoms with E-state index in [0.717, 1.165) is 0 Å². The fraction of sp³-hybridized carbons (Fsp3) is 0.364. The van der Waals surface area contributed by atoms with Gasteiger partial charge in [-0.15, -0.1) is 4.48 Å². The number of piperazine rings is 1. The Morgan fingerprint density at radius 2 is 1.97 bits per heavy atom. The Hall–Kier alpha value is -2.48. The smallest absolute Gasteiger partial charge is 0.313 e. The summed E-state index contributed by atoms with van der Waals surface area (Å²) < 4.78 is 31.9. The summed E-state index contributed by atoms with van der Waals surface area (Å²) >= 11 is 7.86. The minimum atomic E-state index is -4.16. The third-order valence-electron chi connectivity index (χ3n) is 6.29. The number of thiophene rings is 1. The van der Waals surface area contributed by atoms with Crippen molar-refractivity contribution in [2.24, 2.45) is 15.2 Å². The van der Waals surface area contributed by atoms with E-state index < -0.39 is 15.9 Å². The van der Waals surface area contributed by atoms with E-state index in [9.17, 15) is 17.8 Å². The highest BCUT2D eigenvalue weighted by Gasteiger charge is 2.57. The van der Waals surface area contributed by atoms with E-state index in [1.807, 2.05) is 24.3 Å². The molecule has 1 fully saturated rings. The molecule has 3 aliphatic rings. The van der Waals surface area contributed by atoms with Gasteiger partial charge in [-0.1, -0.05) is 51.3 Å². The molecule has 184 valence electrons. The van der Waals surface area contributed by atoms with Crippen molar-refractivity contribution in [1.29, 1.82) is 0 Å². The van der Waals surface area contributed by atoms with Crippen LogP contribution in [0.3, 0.4) is 0 Å². The maximum atomic E-state index is 14.2. The summed E-state index contributed by atoms with van der Waals surface area (Å²) in [6.07, 6.45) is 0.0940. The van der Waals surface area contributed by atoms with Crippen LogP contribution in [0.2, 0.25) is 5.02 Å². The van der Waals surface area contributed by atoms with Crippen LogP contribution >= 0.6 is 22.9 Å². The van der Waals surface area contributed by atoms with Crippen molar-refractivity contribution in [2.75, 3.05) is 38.5 Å². The number of aliphatic imine (C=N–C) groups is 1. The quantitative estimate of drug-likeness (QED) is 0.460. The second kappa shape index (κ2) is 9.19. The van der Waals surface area contributed by atoms with Gasteiger partial charge >= 0.3 is 6.03 Å². The number of amides is 2. The highest BCUT2D eigenvalue weighted by Crippen LogP contribution is 2.44. The summed E-state index contributed by atoms with van der Waals surface area (Å²) in [6.45, 7) is 4.40. The summed E-state index contributed by atoms with van der Waals surface area (Å²) in [5.41, 5.74) is 1.99. The number of nitrogens with one attached hydrogen (secondary N) is 1. The number of hydrogen-bond acceptors (Lipinski definition) is 8. The summed E-state index contributed by atoms with van der Waals surface area (Å²) in [5, 5.41) is 13.1. The van der Waals surface area contributed by atoms with Gasteiger partial charge in [0, 0.05) is 48.6 Å². The Labute approximate surface area is 212 Å². The van der Waals surface area contributed by atoms with Crippen molar-refractivity contribution in [3.05, 3.63) is 51.4 Å². The number of quaternary nitrogens is 1. The molecule has 0 bridgehead atoms. The van der Waals surface area contributed by atoms with Crippen molar-refractivity contribution in [1.82, 2.24) is 14.7 Å². The molecule has 0 radical (unpaired) electrons. The number of nitrogens with zero attached hydrogens (tertiary/aromatic N) is 5. The van der Waals surface area contributed by atoms with E-state index in [0.29, 0.717) is 69.6 Å². The Kier molecular flexibility index (Phi) is 6.36. The lowest BCUT2D eigenvalue weighted by Crippen LogP contribution is -2.66. The summed E-state index contributed by atoms with van der Waals surface area (Å²) in [5.74, 6) is 0.561. The molecule has 4 heterocycles. The van der Waals surface area contributed by atoms with Gasteiger partial charge < -0.3 is 5.32 Å². The number of amidine groups is 2. The van der Waals surface area contributed by atoms with Gasteiger partial charge in [0.05, 0.1) is 17.0 Å². The fourth-order valence-corrected chi connectivity index (χ4v) is 6.76. The van der Waals surface area contributed by atoms with E-state index in [1.54, 1.807) is 17.9 Å². The Balaban J connectivity index is 1.71. The van der Waals surface area contributed by atoms with Crippen LogP contribution < -0.4 is 9.80 Å². The third-order valence-corrected chi connectivity index (χ3v) is 8.62. The van der Waals surface area contributed by atoms with Crippen molar-refractivity contribution >= 4 is 61.5 Å². The highest BCUT2D eigenvalue weighted by atomic mass is 35.5. The molecule has 0 saturated carbocycles. The van der Waals surface area contributed by atoms with E-state index in [2.05, 4.69) is 15.5 Å². The molecular formula is C22H24ClN6O4S2+. The van der Waals surface area contributed by atoms with Crippen LogP contribution in [0.15, 0.2) is 45.5 Å². The molecule has 1 saturated heterocycles. The third kappa shape index (κ3) is 4.24. The topological polar surface area (TPSA) is 124 Å². The average molecular weight is 536 g/mol. The van der Waals surface area contributed by atoms with Crippen molar-refractivity contribution in [3.63, 3.8) is 0 Å². The molecule has 13 heteroatoms. The van der Waals surface area contributed by atoms with E-state index in [1.165, 1.54) is 11.3 Å². The molecule has 10 nitrogen and oxygen atoms in total. The lowest BCUT2D eigenvalue weighted by atomic mass is 10.0. The second-order valence-electron chi connectivity index (χ2n) is 8.47. The van der Waals surface area contributed by atoms with E-state index in [-0.39, 0.29) is 23.5 Å². The lowest BCUT2D eigenvalue weighted by Gasteiger charge is -2.35. The van der Waals surface area contributed by atoms with Crippen LogP contribution in [-0.2, 0) is 16.5 Å². The molecule has 1 unspecified atom stereocenters.